The third-order valence-corrected chi connectivity index (χ3v) is 5.37. The fourth-order valence-electron chi connectivity index (χ4n) is 2.54. The number of piperazine rings is 1. The maximum Gasteiger partial charge on any atom is 0.253 e. The summed E-state index contributed by atoms with van der Waals surface area (Å²) in [6, 6.07) is 0. The van der Waals surface area contributed by atoms with E-state index >= 15 is 0 Å². The molecule has 2 rings (SSSR count). The van der Waals surface area contributed by atoms with Crippen molar-refractivity contribution in [2.75, 3.05) is 45.5 Å². The van der Waals surface area contributed by atoms with Crippen molar-refractivity contribution in [2.24, 2.45) is 0 Å². The molecule has 10 heteroatoms. The lowest BCUT2D eigenvalue weighted by Gasteiger charge is -2.33. The Balaban J connectivity index is 1.72. The highest BCUT2D eigenvalue weighted by Gasteiger charge is 2.22. The summed E-state index contributed by atoms with van der Waals surface area (Å²) in [7, 11) is -3.12. The van der Waals surface area contributed by atoms with Gasteiger partial charge in [-0.25, -0.2) is 13.4 Å². The number of nitrogens with one attached hydrogen (secondary N) is 2. The molecular formula is C14H23N5O4S. The number of aromatic nitrogens is 2. The number of sulfonamides is 1. The van der Waals surface area contributed by atoms with Crippen LogP contribution in [-0.4, -0.2) is 79.0 Å². The number of carbonyl (C=O) groups is 1. The number of H-pyrrole nitrogens is 1. The molecule has 0 unspecified atom stereocenters. The monoisotopic (exact) mass is 357 g/mol. The Hall–Kier alpha value is -1.78. The number of aromatic amines is 1. The van der Waals surface area contributed by atoms with E-state index in [2.05, 4.69) is 20.2 Å². The summed E-state index contributed by atoms with van der Waals surface area (Å²) in [6.45, 7) is 5.02. The van der Waals surface area contributed by atoms with Crippen LogP contribution in [-0.2, 0) is 21.2 Å². The second kappa shape index (κ2) is 7.86. The molecule has 1 aliphatic rings. The summed E-state index contributed by atoms with van der Waals surface area (Å²) < 4.78 is 24.3. The van der Waals surface area contributed by atoms with Crippen molar-refractivity contribution in [3.63, 3.8) is 0 Å². The first-order chi connectivity index (χ1) is 11.3. The molecule has 1 aromatic heterocycles. The third kappa shape index (κ3) is 5.11. The molecule has 1 amide bonds. The first-order valence-electron chi connectivity index (χ1n) is 7.74. The van der Waals surface area contributed by atoms with Gasteiger partial charge in [0, 0.05) is 44.8 Å². The number of nitrogens with zero attached hydrogens (tertiary/aromatic N) is 3. The van der Waals surface area contributed by atoms with E-state index in [0.29, 0.717) is 50.5 Å². The zero-order valence-electron chi connectivity index (χ0n) is 13.9. The van der Waals surface area contributed by atoms with Gasteiger partial charge in [-0.15, -0.1) is 0 Å². The average molecular weight is 357 g/mol. The molecule has 1 fully saturated rings. The van der Waals surface area contributed by atoms with E-state index in [4.69, 9.17) is 0 Å². The Morgan fingerprint density at radius 2 is 2.00 bits per heavy atom. The molecule has 0 aliphatic carbocycles. The molecule has 24 heavy (non-hydrogen) atoms. The standard InChI is InChI=1S/C14H23N5O4S/c1-11-12(16-10-17-14(11)21)9-13(20)15-3-4-18-5-7-19(8-6-18)24(2,22)23/h10H,3-9H2,1-2H3,(H,15,20)(H,16,17,21). The second-order valence-electron chi connectivity index (χ2n) is 5.83. The van der Waals surface area contributed by atoms with Gasteiger partial charge in [-0.05, 0) is 6.92 Å². The van der Waals surface area contributed by atoms with Crippen LogP contribution in [0.1, 0.15) is 11.3 Å². The summed E-state index contributed by atoms with van der Waals surface area (Å²) in [4.78, 5) is 32.0. The number of rotatable bonds is 6. The van der Waals surface area contributed by atoms with E-state index in [0.717, 1.165) is 0 Å². The van der Waals surface area contributed by atoms with Gasteiger partial charge in [-0.3, -0.25) is 14.5 Å². The summed E-state index contributed by atoms with van der Waals surface area (Å²) in [6.07, 6.45) is 2.57. The van der Waals surface area contributed by atoms with Crippen molar-refractivity contribution in [3.05, 3.63) is 27.9 Å². The third-order valence-electron chi connectivity index (χ3n) is 4.07. The predicted molar refractivity (Wildman–Crippen MR) is 89.2 cm³/mol. The molecule has 0 saturated carbocycles. The van der Waals surface area contributed by atoms with Crippen molar-refractivity contribution in [2.45, 2.75) is 13.3 Å². The zero-order valence-corrected chi connectivity index (χ0v) is 14.7. The highest BCUT2D eigenvalue weighted by molar-refractivity contribution is 7.88. The first-order valence-corrected chi connectivity index (χ1v) is 9.59. The maximum atomic E-state index is 11.9. The van der Waals surface area contributed by atoms with Gasteiger partial charge in [0.25, 0.3) is 5.56 Å². The second-order valence-corrected chi connectivity index (χ2v) is 7.82. The van der Waals surface area contributed by atoms with E-state index in [-0.39, 0.29) is 17.9 Å². The van der Waals surface area contributed by atoms with Crippen LogP contribution in [0.3, 0.4) is 0 Å². The van der Waals surface area contributed by atoms with Crippen molar-refractivity contribution in [1.29, 1.82) is 0 Å². The van der Waals surface area contributed by atoms with Crippen molar-refractivity contribution < 1.29 is 13.2 Å². The normalized spacial score (nSPS) is 16.9. The van der Waals surface area contributed by atoms with Gasteiger partial charge in [0.2, 0.25) is 15.9 Å². The molecular weight excluding hydrogens is 334 g/mol. The minimum Gasteiger partial charge on any atom is -0.354 e. The predicted octanol–water partition coefficient (Wildman–Crippen LogP) is -1.69. The summed E-state index contributed by atoms with van der Waals surface area (Å²) in [5, 5.41) is 2.80. The van der Waals surface area contributed by atoms with E-state index in [1.54, 1.807) is 6.92 Å². The van der Waals surface area contributed by atoms with Crippen LogP contribution in [0.5, 0.6) is 0 Å². The lowest BCUT2D eigenvalue weighted by molar-refractivity contribution is -0.120. The SMILES string of the molecule is Cc1c(CC(=O)NCCN2CCN(S(C)(=O)=O)CC2)nc[nH]c1=O. The fourth-order valence-corrected chi connectivity index (χ4v) is 3.36. The van der Waals surface area contributed by atoms with E-state index in [9.17, 15) is 18.0 Å². The Bertz CT molecular complexity index is 738. The Morgan fingerprint density at radius 1 is 1.33 bits per heavy atom. The van der Waals surface area contributed by atoms with Crippen LogP contribution in [0, 0.1) is 6.92 Å². The highest BCUT2D eigenvalue weighted by atomic mass is 32.2. The van der Waals surface area contributed by atoms with Crippen LogP contribution >= 0.6 is 0 Å². The number of hydrogen-bond acceptors (Lipinski definition) is 6. The van der Waals surface area contributed by atoms with Gasteiger partial charge < -0.3 is 10.3 Å². The zero-order chi connectivity index (χ0) is 17.7. The molecule has 0 radical (unpaired) electrons. The van der Waals surface area contributed by atoms with E-state index in [1.807, 2.05) is 0 Å². The quantitative estimate of drug-likeness (QED) is 0.628. The fraction of sp³-hybridized carbons (Fsp3) is 0.643. The van der Waals surface area contributed by atoms with Crippen LogP contribution in [0.4, 0.5) is 0 Å². The van der Waals surface area contributed by atoms with Crippen LogP contribution in [0.25, 0.3) is 0 Å². The average Bonchev–Trinajstić information content (AvgIpc) is 2.51. The van der Waals surface area contributed by atoms with Gasteiger partial charge in [-0.2, -0.15) is 4.31 Å². The number of hydrogen-bond donors (Lipinski definition) is 2. The molecule has 0 spiro atoms. The minimum atomic E-state index is -3.12. The topological polar surface area (TPSA) is 115 Å². The smallest absolute Gasteiger partial charge is 0.253 e. The van der Waals surface area contributed by atoms with Crippen molar-refractivity contribution in [1.82, 2.24) is 24.5 Å². The molecule has 134 valence electrons. The Labute approximate surface area is 141 Å². The van der Waals surface area contributed by atoms with E-state index in [1.165, 1.54) is 16.9 Å². The van der Waals surface area contributed by atoms with Gasteiger partial charge >= 0.3 is 0 Å². The van der Waals surface area contributed by atoms with Gasteiger partial charge in [0.05, 0.1) is 24.7 Å². The Kier molecular flexibility index (Phi) is 6.08. The van der Waals surface area contributed by atoms with Gasteiger partial charge in [-0.1, -0.05) is 0 Å². The molecule has 1 aromatic rings. The molecule has 9 nitrogen and oxygen atoms in total. The largest absolute Gasteiger partial charge is 0.354 e. The number of carbonyl (C=O) groups excluding carboxylic acids is 1. The molecule has 2 heterocycles. The van der Waals surface area contributed by atoms with Crippen molar-refractivity contribution >= 4 is 15.9 Å². The first kappa shape index (κ1) is 18.6. The summed E-state index contributed by atoms with van der Waals surface area (Å²) >= 11 is 0. The van der Waals surface area contributed by atoms with Gasteiger partial charge in [0.15, 0.2) is 0 Å². The van der Waals surface area contributed by atoms with Crippen LogP contribution < -0.4 is 10.9 Å². The Morgan fingerprint density at radius 3 is 2.62 bits per heavy atom. The molecule has 0 atom stereocenters. The summed E-state index contributed by atoms with van der Waals surface area (Å²) in [5.41, 5.74) is 0.680. The van der Waals surface area contributed by atoms with Crippen LogP contribution in [0.15, 0.2) is 11.1 Å². The number of amides is 1. The van der Waals surface area contributed by atoms with E-state index < -0.39 is 10.0 Å². The molecule has 1 saturated heterocycles. The van der Waals surface area contributed by atoms with Crippen LogP contribution in [0.2, 0.25) is 0 Å². The lowest BCUT2D eigenvalue weighted by Crippen LogP contribution is -2.50. The van der Waals surface area contributed by atoms with Gasteiger partial charge in [0.1, 0.15) is 0 Å². The molecule has 1 aliphatic heterocycles. The molecule has 2 N–H and O–H groups in total. The van der Waals surface area contributed by atoms with Crippen molar-refractivity contribution in [3.8, 4) is 0 Å². The molecule has 0 bridgehead atoms. The summed E-state index contributed by atoms with van der Waals surface area (Å²) in [5.74, 6) is -0.189. The lowest BCUT2D eigenvalue weighted by atomic mass is 10.2. The maximum absolute atomic E-state index is 11.9. The highest BCUT2D eigenvalue weighted by Crippen LogP contribution is 2.05. The minimum absolute atomic E-state index is 0.0671. The molecule has 0 aromatic carbocycles.